The molecule has 2 amide bonds. The average Bonchev–Trinajstić information content (AvgIpc) is 3.37. The van der Waals surface area contributed by atoms with E-state index in [0.29, 0.717) is 34.1 Å². The molecule has 0 aliphatic carbocycles. The number of nitrogens with zero attached hydrogens (tertiary/aromatic N) is 3. The molecule has 1 aromatic heterocycles. The van der Waals surface area contributed by atoms with Crippen molar-refractivity contribution in [1.29, 1.82) is 0 Å². The Morgan fingerprint density at radius 1 is 0.955 bits per heavy atom. The fraction of sp³-hybridized carbons (Fsp3) is 0.147. The van der Waals surface area contributed by atoms with Crippen LogP contribution in [0.4, 0.5) is 14.6 Å². The predicted molar refractivity (Wildman–Crippen MR) is 167 cm³/mol. The molecule has 1 aliphatic rings. The molecule has 0 spiro atoms. The van der Waals surface area contributed by atoms with Gasteiger partial charge in [0.25, 0.3) is 0 Å². The third-order valence-corrected chi connectivity index (χ3v) is 8.56. The Morgan fingerprint density at radius 3 is 2.41 bits per heavy atom. The summed E-state index contributed by atoms with van der Waals surface area (Å²) < 4.78 is 34.9. The number of nitrogens with one attached hydrogen (secondary N) is 1. The molecule has 0 radical (unpaired) electrons. The lowest BCUT2D eigenvalue weighted by atomic mass is 9.99. The summed E-state index contributed by atoms with van der Waals surface area (Å²) in [6.45, 7) is -0.110. The van der Waals surface area contributed by atoms with Crippen LogP contribution in [0, 0.1) is 11.6 Å². The number of halogens is 2. The zero-order valence-corrected chi connectivity index (χ0v) is 24.6. The molecule has 1 atom stereocenters. The van der Waals surface area contributed by atoms with Gasteiger partial charge >= 0.3 is 0 Å². The second-order valence-corrected chi connectivity index (χ2v) is 11.3. The zero-order chi connectivity index (χ0) is 30.6. The van der Waals surface area contributed by atoms with Crippen molar-refractivity contribution in [2.45, 2.75) is 11.8 Å². The van der Waals surface area contributed by atoms with Gasteiger partial charge in [-0.05, 0) is 59.7 Å². The molecule has 2 heterocycles. The maximum absolute atomic E-state index is 14.5. The molecule has 222 valence electrons. The molecule has 6 rings (SSSR count). The number of rotatable bonds is 8. The molecular formula is C34H28F2N4O3S. The smallest absolute Gasteiger partial charge is 0.240 e. The number of carbonyl (C=O) groups excluding carboxylic acids is 2. The summed E-state index contributed by atoms with van der Waals surface area (Å²) in [5.74, 6) is -0.312. The van der Waals surface area contributed by atoms with E-state index in [4.69, 9.17) is 9.84 Å². The second kappa shape index (κ2) is 12.7. The number of ether oxygens (including phenoxy) is 1. The molecule has 1 N–H and O–H groups in total. The minimum Gasteiger partial charge on any atom is -0.497 e. The van der Waals surface area contributed by atoms with Crippen molar-refractivity contribution in [3.8, 4) is 22.7 Å². The van der Waals surface area contributed by atoms with E-state index in [1.54, 1.807) is 42.1 Å². The molecule has 7 nitrogen and oxygen atoms in total. The largest absolute Gasteiger partial charge is 0.497 e. The van der Waals surface area contributed by atoms with Crippen molar-refractivity contribution in [2.24, 2.45) is 0 Å². The van der Waals surface area contributed by atoms with Gasteiger partial charge < -0.3 is 10.1 Å². The Bertz CT molecular complexity index is 1790. The molecule has 1 aliphatic heterocycles. The van der Waals surface area contributed by atoms with E-state index in [-0.39, 0.29) is 36.4 Å². The van der Waals surface area contributed by atoms with Gasteiger partial charge in [0.05, 0.1) is 29.5 Å². The molecule has 4 aromatic carbocycles. The highest BCUT2D eigenvalue weighted by molar-refractivity contribution is 8.00. The number of aromatic nitrogens is 2. The molecule has 0 bridgehead atoms. The van der Waals surface area contributed by atoms with E-state index < -0.39 is 11.2 Å². The number of hydrogen-bond donors (Lipinski definition) is 1. The quantitative estimate of drug-likeness (QED) is 0.223. The van der Waals surface area contributed by atoms with Gasteiger partial charge in [0.1, 0.15) is 29.7 Å². The number of fused-ring (bicyclic) bond motifs is 1. The van der Waals surface area contributed by atoms with E-state index in [2.05, 4.69) is 5.32 Å². The number of anilines is 1. The van der Waals surface area contributed by atoms with Crippen molar-refractivity contribution >= 4 is 29.4 Å². The Labute approximate surface area is 257 Å². The molecule has 0 saturated heterocycles. The first-order chi connectivity index (χ1) is 21.4. The first-order valence-corrected chi connectivity index (χ1v) is 15.0. The van der Waals surface area contributed by atoms with Gasteiger partial charge in [0.2, 0.25) is 11.8 Å². The first kappa shape index (κ1) is 29.1. The minimum absolute atomic E-state index is 0.0535. The Hall–Kier alpha value is -4.96. The second-order valence-electron chi connectivity index (χ2n) is 10.2. The van der Waals surface area contributed by atoms with Gasteiger partial charge in [-0.1, -0.05) is 54.6 Å². The highest BCUT2D eigenvalue weighted by atomic mass is 32.2. The molecule has 0 saturated carbocycles. The Kier molecular flexibility index (Phi) is 8.42. The number of thioether (sulfide) groups is 1. The monoisotopic (exact) mass is 610 g/mol. The SMILES string of the molecule is COc1ccc(-n2nc(-c3ccccc3)c3c2N(CC(=O)NCc2ccc(F)cc2)C(=O)CS[C@H]3c2cccc(F)c2)cc1. The van der Waals surface area contributed by atoms with Crippen molar-refractivity contribution in [2.75, 3.05) is 24.3 Å². The number of carbonyl (C=O) groups is 2. The molecular weight excluding hydrogens is 582 g/mol. The molecule has 0 unspecified atom stereocenters. The van der Waals surface area contributed by atoms with E-state index in [1.807, 2.05) is 48.5 Å². The van der Waals surface area contributed by atoms with Crippen LogP contribution in [0.1, 0.15) is 21.9 Å². The zero-order valence-electron chi connectivity index (χ0n) is 23.7. The number of benzene rings is 4. The number of hydrogen-bond acceptors (Lipinski definition) is 5. The van der Waals surface area contributed by atoms with Crippen LogP contribution in [0.15, 0.2) is 103 Å². The third kappa shape index (κ3) is 6.07. The van der Waals surface area contributed by atoms with Crippen molar-refractivity contribution in [3.63, 3.8) is 0 Å². The maximum atomic E-state index is 14.5. The molecule has 10 heteroatoms. The van der Waals surface area contributed by atoms with Crippen LogP contribution in [0.3, 0.4) is 0 Å². The van der Waals surface area contributed by atoms with E-state index in [9.17, 15) is 18.4 Å². The lowest BCUT2D eigenvalue weighted by Crippen LogP contribution is -2.42. The molecule has 0 fully saturated rings. The van der Waals surface area contributed by atoms with Crippen LogP contribution in [-0.4, -0.2) is 41.0 Å². The normalized spacial score (nSPS) is 14.6. The summed E-state index contributed by atoms with van der Waals surface area (Å²) in [5, 5.41) is 7.41. The predicted octanol–water partition coefficient (Wildman–Crippen LogP) is 6.31. The van der Waals surface area contributed by atoms with Gasteiger partial charge in [0.15, 0.2) is 0 Å². The summed E-state index contributed by atoms with van der Waals surface area (Å²) >= 11 is 1.36. The standard InChI is InChI=1S/C34H28F2N4O3S/c1-43-28-16-14-27(15-17-28)40-34-31(32(38-40)23-6-3-2-4-7-23)33(24-8-5-9-26(36)18-24)44-21-30(42)39(34)20-29(41)37-19-22-10-12-25(35)13-11-22/h2-18,33H,19-21H2,1H3,(H,37,41)/t33-/m0/s1. The van der Waals surface area contributed by atoms with Crippen LogP contribution in [0.25, 0.3) is 16.9 Å². The van der Waals surface area contributed by atoms with Gasteiger partial charge in [-0.25, -0.2) is 13.5 Å². The van der Waals surface area contributed by atoms with Crippen LogP contribution in [0.2, 0.25) is 0 Å². The van der Waals surface area contributed by atoms with Crippen LogP contribution >= 0.6 is 11.8 Å². The van der Waals surface area contributed by atoms with Crippen LogP contribution in [0.5, 0.6) is 5.75 Å². The van der Waals surface area contributed by atoms with Gasteiger partial charge in [-0.3, -0.25) is 14.5 Å². The summed E-state index contributed by atoms with van der Waals surface area (Å²) in [7, 11) is 1.58. The maximum Gasteiger partial charge on any atom is 0.240 e. The van der Waals surface area contributed by atoms with Crippen LogP contribution < -0.4 is 15.0 Å². The Morgan fingerprint density at radius 2 is 1.70 bits per heavy atom. The van der Waals surface area contributed by atoms with E-state index in [1.165, 1.54) is 40.9 Å². The van der Waals surface area contributed by atoms with Crippen molar-refractivity contribution in [1.82, 2.24) is 15.1 Å². The lowest BCUT2D eigenvalue weighted by Gasteiger charge is -2.23. The van der Waals surface area contributed by atoms with Crippen molar-refractivity contribution < 1.29 is 23.1 Å². The van der Waals surface area contributed by atoms with Gasteiger partial charge in [-0.2, -0.15) is 5.10 Å². The first-order valence-electron chi connectivity index (χ1n) is 13.9. The lowest BCUT2D eigenvalue weighted by molar-refractivity contribution is -0.123. The summed E-state index contributed by atoms with van der Waals surface area (Å²) in [4.78, 5) is 28.6. The number of methoxy groups -OCH3 is 1. The van der Waals surface area contributed by atoms with Gasteiger partial charge in [-0.15, -0.1) is 11.8 Å². The van der Waals surface area contributed by atoms with Crippen LogP contribution in [-0.2, 0) is 16.1 Å². The fourth-order valence-corrected chi connectivity index (χ4v) is 6.35. The topological polar surface area (TPSA) is 76.5 Å². The fourth-order valence-electron chi connectivity index (χ4n) is 5.17. The summed E-state index contributed by atoms with van der Waals surface area (Å²) in [6.07, 6.45) is 0. The molecule has 44 heavy (non-hydrogen) atoms. The molecule has 5 aromatic rings. The average molecular weight is 611 g/mol. The summed E-state index contributed by atoms with van der Waals surface area (Å²) in [5.41, 5.74) is 4.17. The third-order valence-electron chi connectivity index (χ3n) is 7.31. The van der Waals surface area contributed by atoms with E-state index >= 15 is 0 Å². The minimum atomic E-state index is -0.459. The number of amides is 2. The van der Waals surface area contributed by atoms with Gasteiger partial charge in [0, 0.05) is 17.7 Å². The van der Waals surface area contributed by atoms with E-state index in [0.717, 1.165) is 11.1 Å². The summed E-state index contributed by atoms with van der Waals surface area (Å²) in [6, 6.07) is 29.0. The highest BCUT2D eigenvalue weighted by Gasteiger charge is 2.37. The Balaban J connectivity index is 1.50. The van der Waals surface area contributed by atoms with Crippen molar-refractivity contribution in [3.05, 3.63) is 131 Å². The highest BCUT2D eigenvalue weighted by Crippen LogP contribution is 2.48.